The van der Waals surface area contributed by atoms with E-state index in [1.807, 2.05) is 12.1 Å². The standard InChI is InChI=1S/C14H18N2O/c1-2-3-6-17-14-8-12(9-14)11-4-5-16-13(7-11)10-15/h4-5,7,12,14H,2-3,6,8-9H2,1H3. The van der Waals surface area contributed by atoms with Gasteiger partial charge in [0.05, 0.1) is 6.10 Å². The van der Waals surface area contributed by atoms with Gasteiger partial charge < -0.3 is 4.74 Å². The second kappa shape index (κ2) is 5.79. The van der Waals surface area contributed by atoms with Crippen LogP contribution < -0.4 is 0 Å². The monoisotopic (exact) mass is 230 g/mol. The Balaban J connectivity index is 1.81. The molecule has 1 aliphatic carbocycles. The molecule has 0 amide bonds. The van der Waals surface area contributed by atoms with Crippen LogP contribution in [0.25, 0.3) is 0 Å². The molecule has 1 saturated carbocycles. The molecule has 3 nitrogen and oxygen atoms in total. The largest absolute Gasteiger partial charge is 0.378 e. The molecular formula is C14H18N2O. The van der Waals surface area contributed by atoms with E-state index >= 15 is 0 Å². The van der Waals surface area contributed by atoms with Crippen LogP contribution in [0.2, 0.25) is 0 Å². The number of nitrogens with zero attached hydrogens (tertiary/aromatic N) is 2. The summed E-state index contributed by atoms with van der Waals surface area (Å²) in [4.78, 5) is 3.99. The Morgan fingerprint density at radius 2 is 2.35 bits per heavy atom. The Labute approximate surface area is 102 Å². The molecule has 0 spiro atoms. The fourth-order valence-corrected chi connectivity index (χ4v) is 2.13. The zero-order valence-corrected chi connectivity index (χ0v) is 10.2. The molecule has 0 aromatic carbocycles. The van der Waals surface area contributed by atoms with Gasteiger partial charge in [-0.2, -0.15) is 5.26 Å². The number of aromatic nitrogens is 1. The van der Waals surface area contributed by atoms with Crippen molar-refractivity contribution in [3.8, 4) is 6.07 Å². The summed E-state index contributed by atoms with van der Waals surface area (Å²) in [6.45, 7) is 3.06. The van der Waals surface area contributed by atoms with Crippen molar-refractivity contribution in [2.24, 2.45) is 0 Å². The summed E-state index contributed by atoms with van der Waals surface area (Å²) in [6, 6.07) is 5.98. The molecule has 1 aromatic rings. The third-order valence-corrected chi connectivity index (χ3v) is 3.32. The first kappa shape index (κ1) is 12.1. The molecule has 1 fully saturated rings. The van der Waals surface area contributed by atoms with Crippen molar-refractivity contribution >= 4 is 0 Å². The van der Waals surface area contributed by atoms with Crippen molar-refractivity contribution in [3.05, 3.63) is 29.6 Å². The van der Waals surface area contributed by atoms with E-state index in [0.717, 1.165) is 25.9 Å². The summed E-state index contributed by atoms with van der Waals surface area (Å²) in [6.07, 6.45) is 6.64. The second-order valence-corrected chi connectivity index (χ2v) is 4.60. The molecule has 0 N–H and O–H groups in total. The van der Waals surface area contributed by atoms with E-state index in [2.05, 4.69) is 18.0 Å². The molecule has 90 valence electrons. The smallest absolute Gasteiger partial charge is 0.140 e. The normalized spacial score (nSPS) is 22.8. The lowest BCUT2D eigenvalue weighted by Gasteiger charge is -2.35. The van der Waals surface area contributed by atoms with Gasteiger partial charge in [-0.1, -0.05) is 13.3 Å². The van der Waals surface area contributed by atoms with E-state index in [0.29, 0.717) is 17.7 Å². The quantitative estimate of drug-likeness (QED) is 0.730. The maximum Gasteiger partial charge on any atom is 0.140 e. The SMILES string of the molecule is CCCCOC1CC(c2ccnc(C#N)c2)C1. The maximum absolute atomic E-state index is 8.79. The third kappa shape index (κ3) is 3.04. The van der Waals surface area contributed by atoms with Crippen molar-refractivity contribution < 1.29 is 4.74 Å². The molecule has 0 bridgehead atoms. The van der Waals surface area contributed by atoms with Crippen LogP contribution >= 0.6 is 0 Å². The van der Waals surface area contributed by atoms with E-state index in [-0.39, 0.29) is 0 Å². The highest BCUT2D eigenvalue weighted by atomic mass is 16.5. The lowest BCUT2D eigenvalue weighted by molar-refractivity contribution is -0.0113. The Hall–Kier alpha value is -1.40. The van der Waals surface area contributed by atoms with E-state index < -0.39 is 0 Å². The summed E-state index contributed by atoms with van der Waals surface area (Å²) in [5.74, 6) is 0.553. The van der Waals surface area contributed by atoms with Crippen LogP contribution in [0.4, 0.5) is 0 Å². The zero-order valence-electron chi connectivity index (χ0n) is 10.2. The molecule has 17 heavy (non-hydrogen) atoms. The Morgan fingerprint density at radius 1 is 1.53 bits per heavy atom. The highest BCUT2D eigenvalue weighted by Gasteiger charge is 2.30. The first-order valence-corrected chi connectivity index (χ1v) is 6.31. The number of hydrogen-bond donors (Lipinski definition) is 0. The summed E-state index contributed by atoms with van der Waals surface area (Å²) >= 11 is 0. The van der Waals surface area contributed by atoms with Crippen LogP contribution in [0, 0.1) is 11.3 Å². The summed E-state index contributed by atoms with van der Waals surface area (Å²) in [5.41, 5.74) is 1.74. The Morgan fingerprint density at radius 3 is 3.06 bits per heavy atom. The van der Waals surface area contributed by atoms with Gasteiger partial charge >= 0.3 is 0 Å². The van der Waals surface area contributed by atoms with E-state index in [1.165, 1.54) is 12.0 Å². The molecule has 2 rings (SSSR count). The van der Waals surface area contributed by atoms with Crippen molar-refractivity contribution in [3.63, 3.8) is 0 Å². The van der Waals surface area contributed by atoms with Gasteiger partial charge in [-0.25, -0.2) is 4.98 Å². The lowest BCUT2D eigenvalue weighted by Crippen LogP contribution is -2.30. The topological polar surface area (TPSA) is 45.9 Å². The van der Waals surface area contributed by atoms with Gasteiger partial charge in [0.25, 0.3) is 0 Å². The van der Waals surface area contributed by atoms with Crippen molar-refractivity contribution in [2.75, 3.05) is 6.61 Å². The molecule has 3 heteroatoms. The predicted molar refractivity (Wildman–Crippen MR) is 65.6 cm³/mol. The van der Waals surface area contributed by atoms with E-state index in [1.54, 1.807) is 6.20 Å². The van der Waals surface area contributed by atoms with Gasteiger partial charge in [0.1, 0.15) is 11.8 Å². The fraction of sp³-hybridized carbons (Fsp3) is 0.571. The predicted octanol–water partition coefficient (Wildman–Crippen LogP) is 3.02. The zero-order chi connectivity index (χ0) is 12.1. The van der Waals surface area contributed by atoms with Gasteiger partial charge in [0, 0.05) is 12.8 Å². The van der Waals surface area contributed by atoms with E-state index in [9.17, 15) is 0 Å². The second-order valence-electron chi connectivity index (χ2n) is 4.60. The minimum absolute atomic E-state index is 0.422. The summed E-state index contributed by atoms with van der Waals surface area (Å²) in [5, 5.41) is 8.79. The number of rotatable bonds is 5. The molecule has 0 aliphatic heterocycles. The molecule has 0 unspecified atom stereocenters. The van der Waals surface area contributed by atoms with Crippen LogP contribution in [0.15, 0.2) is 18.3 Å². The number of unbranched alkanes of at least 4 members (excludes halogenated alkanes) is 1. The Kier molecular flexibility index (Phi) is 4.11. The summed E-state index contributed by atoms with van der Waals surface area (Å²) in [7, 11) is 0. The van der Waals surface area contributed by atoms with Crippen LogP contribution in [0.5, 0.6) is 0 Å². The number of pyridine rings is 1. The van der Waals surface area contributed by atoms with Gasteiger partial charge in [-0.3, -0.25) is 0 Å². The first-order valence-electron chi connectivity index (χ1n) is 6.31. The van der Waals surface area contributed by atoms with Crippen molar-refractivity contribution in [1.82, 2.24) is 4.98 Å². The highest BCUT2D eigenvalue weighted by molar-refractivity contribution is 5.29. The third-order valence-electron chi connectivity index (χ3n) is 3.32. The van der Waals surface area contributed by atoms with E-state index in [4.69, 9.17) is 10.00 Å². The van der Waals surface area contributed by atoms with Crippen LogP contribution in [0.1, 0.15) is 49.8 Å². The number of ether oxygens (including phenoxy) is 1. The first-order chi connectivity index (χ1) is 8.33. The molecule has 1 aromatic heterocycles. The number of nitriles is 1. The molecule has 0 atom stereocenters. The molecule has 1 aliphatic rings. The molecule has 0 radical (unpaired) electrons. The maximum atomic E-state index is 8.79. The fourth-order valence-electron chi connectivity index (χ4n) is 2.13. The lowest BCUT2D eigenvalue weighted by atomic mass is 9.77. The highest BCUT2D eigenvalue weighted by Crippen LogP contribution is 2.38. The molecular weight excluding hydrogens is 212 g/mol. The average Bonchev–Trinajstić information content (AvgIpc) is 2.32. The van der Waals surface area contributed by atoms with Gasteiger partial charge in [-0.15, -0.1) is 0 Å². The Bertz CT molecular complexity index is 405. The number of hydrogen-bond acceptors (Lipinski definition) is 3. The minimum atomic E-state index is 0.422. The van der Waals surface area contributed by atoms with Gasteiger partial charge in [0.2, 0.25) is 0 Å². The van der Waals surface area contributed by atoms with Crippen molar-refractivity contribution in [1.29, 1.82) is 5.26 Å². The average molecular weight is 230 g/mol. The van der Waals surface area contributed by atoms with Crippen molar-refractivity contribution in [2.45, 2.75) is 44.6 Å². The minimum Gasteiger partial charge on any atom is -0.378 e. The van der Waals surface area contributed by atoms with Crippen LogP contribution in [-0.2, 0) is 4.74 Å². The van der Waals surface area contributed by atoms with Crippen LogP contribution in [-0.4, -0.2) is 17.7 Å². The molecule has 1 heterocycles. The summed E-state index contributed by atoms with van der Waals surface area (Å²) < 4.78 is 5.75. The van der Waals surface area contributed by atoms with Gasteiger partial charge in [0.15, 0.2) is 0 Å². The van der Waals surface area contributed by atoms with Crippen LogP contribution in [0.3, 0.4) is 0 Å². The molecule has 0 saturated heterocycles. The van der Waals surface area contributed by atoms with Gasteiger partial charge in [-0.05, 0) is 42.9 Å².